The van der Waals surface area contributed by atoms with Gasteiger partial charge in [-0.2, -0.15) is 0 Å². The minimum Gasteiger partial charge on any atom is -0.350 e. The van der Waals surface area contributed by atoms with Crippen molar-refractivity contribution in [1.29, 1.82) is 0 Å². The number of carbonyl (C=O) groups is 2. The van der Waals surface area contributed by atoms with Crippen molar-refractivity contribution in [2.75, 3.05) is 4.90 Å². The van der Waals surface area contributed by atoms with Crippen molar-refractivity contribution in [3.05, 3.63) is 124 Å². The Morgan fingerprint density at radius 1 is 0.941 bits per heavy atom. The molecule has 4 aromatic rings. The first-order chi connectivity index (χ1) is 16.5. The SMILES string of the molecule is Cc1ccccc1[C@@H](C(=O)NCc1ccccc1)N(C(=O)Cc1cccs1)c1cccc(F)c1. The van der Waals surface area contributed by atoms with Gasteiger partial charge in [0.15, 0.2) is 0 Å². The normalized spacial score (nSPS) is 11.6. The Kier molecular flexibility index (Phi) is 7.50. The van der Waals surface area contributed by atoms with Gasteiger partial charge in [-0.25, -0.2) is 4.39 Å². The summed E-state index contributed by atoms with van der Waals surface area (Å²) < 4.78 is 14.2. The lowest BCUT2D eigenvalue weighted by Crippen LogP contribution is -2.44. The second-order valence-electron chi connectivity index (χ2n) is 7.96. The fraction of sp³-hybridized carbons (Fsp3) is 0.143. The number of benzene rings is 3. The zero-order valence-corrected chi connectivity index (χ0v) is 19.6. The highest BCUT2D eigenvalue weighted by Gasteiger charge is 2.33. The van der Waals surface area contributed by atoms with E-state index in [1.165, 1.54) is 28.4 Å². The van der Waals surface area contributed by atoms with Crippen molar-refractivity contribution < 1.29 is 14.0 Å². The number of anilines is 1. The molecule has 34 heavy (non-hydrogen) atoms. The van der Waals surface area contributed by atoms with Gasteiger partial charge in [-0.1, -0.05) is 66.7 Å². The fourth-order valence-corrected chi connectivity index (χ4v) is 4.58. The van der Waals surface area contributed by atoms with Crippen LogP contribution in [0.1, 0.15) is 27.6 Å². The van der Waals surface area contributed by atoms with Crippen LogP contribution in [0.15, 0.2) is 96.4 Å². The second kappa shape index (κ2) is 10.9. The van der Waals surface area contributed by atoms with Gasteiger partial charge in [0.05, 0.1) is 6.42 Å². The van der Waals surface area contributed by atoms with Crippen LogP contribution in [-0.4, -0.2) is 11.8 Å². The molecule has 3 aromatic carbocycles. The van der Waals surface area contributed by atoms with Crippen LogP contribution < -0.4 is 10.2 Å². The molecule has 0 radical (unpaired) electrons. The van der Waals surface area contributed by atoms with Crippen molar-refractivity contribution >= 4 is 28.8 Å². The molecule has 0 spiro atoms. The highest BCUT2D eigenvalue weighted by molar-refractivity contribution is 7.10. The maximum Gasteiger partial charge on any atom is 0.248 e. The van der Waals surface area contributed by atoms with Crippen LogP contribution in [0.4, 0.5) is 10.1 Å². The molecule has 1 N–H and O–H groups in total. The van der Waals surface area contributed by atoms with Crippen LogP contribution in [0.5, 0.6) is 0 Å². The predicted molar refractivity (Wildman–Crippen MR) is 134 cm³/mol. The molecule has 172 valence electrons. The minimum absolute atomic E-state index is 0.114. The maximum absolute atomic E-state index is 14.2. The summed E-state index contributed by atoms with van der Waals surface area (Å²) in [5.41, 5.74) is 2.84. The topological polar surface area (TPSA) is 49.4 Å². The lowest BCUT2D eigenvalue weighted by Gasteiger charge is -2.32. The summed E-state index contributed by atoms with van der Waals surface area (Å²) in [6, 6.07) is 25.7. The van der Waals surface area contributed by atoms with Gasteiger partial charge in [0.25, 0.3) is 0 Å². The number of thiophene rings is 1. The molecule has 2 amide bonds. The van der Waals surface area contributed by atoms with E-state index in [9.17, 15) is 14.0 Å². The van der Waals surface area contributed by atoms with Crippen molar-refractivity contribution in [2.24, 2.45) is 0 Å². The fourth-order valence-electron chi connectivity index (χ4n) is 3.88. The monoisotopic (exact) mass is 472 g/mol. The lowest BCUT2D eigenvalue weighted by atomic mass is 9.97. The smallest absolute Gasteiger partial charge is 0.248 e. The van der Waals surface area contributed by atoms with Crippen molar-refractivity contribution in [3.8, 4) is 0 Å². The molecule has 6 heteroatoms. The van der Waals surface area contributed by atoms with Crippen LogP contribution in [0, 0.1) is 12.7 Å². The molecule has 0 bridgehead atoms. The molecule has 4 rings (SSSR count). The molecule has 0 saturated heterocycles. The van der Waals surface area contributed by atoms with Gasteiger partial charge in [0.1, 0.15) is 11.9 Å². The Balaban J connectivity index is 1.76. The molecule has 0 aliphatic carbocycles. The molecule has 1 aromatic heterocycles. The van der Waals surface area contributed by atoms with E-state index < -0.39 is 11.9 Å². The third-order valence-corrected chi connectivity index (χ3v) is 6.44. The Labute approximate surface area is 202 Å². The van der Waals surface area contributed by atoms with Crippen molar-refractivity contribution in [3.63, 3.8) is 0 Å². The van der Waals surface area contributed by atoms with E-state index in [1.54, 1.807) is 12.1 Å². The average molecular weight is 473 g/mol. The maximum atomic E-state index is 14.2. The molecule has 1 heterocycles. The molecule has 1 atom stereocenters. The number of hydrogen-bond donors (Lipinski definition) is 1. The molecule has 0 fully saturated rings. The van der Waals surface area contributed by atoms with E-state index in [4.69, 9.17) is 0 Å². The van der Waals surface area contributed by atoms with Crippen LogP contribution >= 0.6 is 11.3 Å². The highest BCUT2D eigenvalue weighted by atomic mass is 32.1. The van der Waals surface area contributed by atoms with Gasteiger partial charge in [-0.3, -0.25) is 14.5 Å². The summed E-state index contributed by atoms with van der Waals surface area (Å²) in [6.07, 6.45) is 0.114. The molecule has 0 saturated carbocycles. The molecule has 0 aliphatic heterocycles. The number of nitrogens with zero attached hydrogens (tertiary/aromatic N) is 1. The molecular weight excluding hydrogens is 447 g/mol. The van der Waals surface area contributed by atoms with Gasteiger partial charge < -0.3 is 5.32 Å². The largest absolute Gasteiger partial charge is 0.350 e. The van der Waals surface area contributed by atoms with Gasteiger partial charge in [0, 0.05) is 17.1 Å². The Hall–Kier alpha value is -3.77. The van der Waals surface area contributed by atoms with E-state index in [1.807, 2.05) is 79.0 Å². The van der Waals surface area contributed by atoms with Gasteiger partial charge in [0.2, 0.25) is 11.8 Å². The predicted octanol–water partition coefficient (Wildman–Crippen LogP) is 5.83. The summed E-state index contributed by atoms with van der Waals surface area (Å²) >= 11 is 1.47. The quantitative estimate of drug-likeness (QED) is 0.351. The number of rotatable bonds is 8. The second-order valence-corrected chi connectivity index (χ2v) is 8.99. The van der Waals surface area contributed by atoms with Gasteiger partial charge in [-0.15, -0.1) is 11.3 Å². The standard InChI is InChI=1S/C28H25FN2O2S/c1-20-9-5-6-15-25(20)27(28(33)30-19-21-10-3-2-4-11-21)31(23-13-7-12-22(29)17-23)26(32)18-24-14-8-16-34-24/h2-17,27H,18-19H2,1H3,(H,30,33)/t27-/m0/s1. The van der Waals surface area contributed by atoms with Crippen LogP contribution in [0.2, 0.25) is 0 Å². The minimum atomic E-state index is -0.959. The van der Waals surface area contributed by atoms with Crippen LogP contribution in [-0.2, 0) is 22.6 Å². The molecule has 0 unspecified atom stereocenters. The summed E-state index contributed by atoms with van der Waals surface area (Å²) in [4.78, 5) is 29.6. The zero-order chi connectivity index (χ0) is 23.9. The van der Waals surface area contributed by atoms with Gasteiger partial charge in [-0.05, 0) is 53.3 Å². The van der Waals surface area contributed by atoms with Crippen LogP contribution in [0.3, 0.4) is 0 Å². The first-order valence-corrected chi connectivity index (χ1v) is 11.9. The Morgan fingerprint density at radius 3 is 2.41 bits per heavy atom. The number of aryl methyl sites for hydroxylation is 1. The van der Waals surface area contributed by atoms with E-state index in [-0.39, 0.29) is 18.2 Å². The van der Waals surface area contributed by atoms with E-state index >= 15 is 0 Å². The summed E-state index contributed by atoms with van der Waals surface area (Å²) in [7, 11) is 0. The summed E-state index contributed by atoms with van der Waals surface area (Å²) in [6.45, 7) is 2.22. The average Bonchev–Trinajstić information content (AvgIpc) is 3.35. The van der Waals surface area contributed by atoms with Gasteiger partial charge >= 0.3 is 0 Å². The first-order valence-electron chi connectivity index (χ1n) is 11.0. The lowest BCUT2D eigenvalue weighted by molar-refractivity contribution is -0.126. The van der Waals surface area contributed by atoms with Crippen LogP contribution in [0.25, 0.3) is 0 Å². The van der Waals surface area contributed by atoms with Crippen molar-refractivity contribution in [2.45, 2.75) is 25.9 Å². The number of halogens is 1. The van der Waals surface area contributed by atoms with E-state index in [0.717, 1.165) is 16.0 Å². The van der Waals surface area contributed by atoms with Crippen molar-refractivity contribution in [1.82, 2.24) is 5.32 Å². The Bertz CT molecular complexity index is 1260. The zero-order valence-electron chi connectivity index (χ0n) is 18.8. The van der Waals surface area contributed by atoms with E-state index in [2.05, 4.69) is 5.32 Å². The molecule has 4 nitrogen and oxygen atoms in total. The Morgan fingerprint density at radius 2 is 1.71 bits per heavy atom. The number of amides is 2. The molecule has 0 aliphatic rings. The highest BCUT2D eigenvalue weighted by Crippen LogP contribution is 2.31. The summed E-state index contributed by atoms with van der Waals surface area (Å²) in [5.74, 6) is -1.09. The molecular formula is C28H25FN2O2S. The first kappa shape index (κ1) is 23.4. The summed E-state index contributed by atoms with van der Waals surface area (Å²) in [5, 5.41) is 4.88. The number of carbonyl (C=O) groups excluding carboxylic acids is 2. The number of nitrogens with one attached hydrogen (secondary N) is 1. The number of hydrogen-bond acceptors (Lipinski definition) is 3. The third kappa shape index (κ3) is 5.58. The third-order valence-electron chi connectivity index (χ3n) is 5.56. The van der Waals surface area contributed by atoms with E-state index in [0.29, 0.717) is 17.8 Å².